The smallest absolute Gasteiger partial charge is 0.345 e. The summed E-state index contributed by atoms with van der Waals surface area (Å²) >= 11 is 0. The van der Waals surface area contributed by atoms with E-state index >= 15 is 0 Å². The quantitative estimate of drug-likeness (QED) is 0.212. The van der Waals surface area contributed by atoms with Crippen molar-refractivity contribution in [2.75, 3.05) is 36.9 Å². The van der Waals surface area contributed by atoms with Gasteiger partial charge in [-0.3, -0.25) is 19.2 Å². The fourth-order valence-corrected chi connectivity index (χ4v) is 4.73. The van der Waals surface area contributed by atoms with E-state index in [4.69, 9.17) is 14.2 Å². The van der Waals surface area contributed by atoms with Gasteiger partial charge in [-0.25, -0.2) is 13.2 Å². The van der Waals surface area contributed by atoms with E-state index in [-0.39, 0.29) is 35.0 Å². The predicted octanol–water partition coefficient (Wildman–Crippen LogP) is 2.75. The zero-order valence-electron chi connectivity index (χ0n) is 18.9. The number of methoxy groups -OCH3 is 1. The number of carbonyl (C=O) groups excluding carboxylic acids is 2. The Morgan fingerprint density at radius 2 is 1.88 bits per heavy atom. The topological polar surface area (TPSA) is 142 Å². The lowest BCUT2D eigenvalue weighted by Crippen LogP contribution is -2.30. The Morgan fingerprint density at radius 1 is 1.15 bits per heavy atom. The van der Waals surface area contributed by atoms with Crippen molar-refractivity contribution in [3.05, 3.63) is 57.1 Å². The Labute approximate surface area is 196 Å². The van der Waals surface area contributed by atoms with Crippen molar-refractivity contribution in [1.29, 1.82) is 0 Å². The molecule has 1 aliphatic heterocycles. The van der Waals surface area contributed by atoms with Crippen molar-refractivity contribution in [2.24, 2.45) is 0 Å². The number of anilines is 1. The molecule has 34 heavy (non-hydrogen) atoms. The van der Waals surface area contributed by atoms with Gasteiger partial charge in [0.2, 0.25) is 10.0 Å². The minimum absolute atomic E-state index is 0.0362. The van der Waals surface area contributed by atoms with E-state index in [9.17, 15) is 28.1 Å². The summed E-state index contributed by atoms with van der Waals surface area (Å²) in [6.07, 6.45) is 0.452. The lowest BCUT2D eigenvalue weighted by Gasteiger charge is -2.18. The van der Waals surface area contributed by atoms with Gasteiger partial charge < -0.3 is 14.2 Å². The minimum Gasteiger partial charge on any atom is -0.493 e. The van der Waals surface area contributed by atoms with E-state index in [2.05, 4.69) is 0 Å². The SMILES string of the molecule is CCOc1cc([N+](=O)[O-])c(C(=O)OCC(=O)c2ccc3c(c2)CCN3S(=O)(=O)CC)cc1OC. The number of ketones is 1. The summed E-state index contributed by atoms with van der Waals surface area (Å²) in [4.78, 5) is 35.9. The summed E-state index contributed by atoms with van der Waals surface area (Å²) in [5.41, 5.74) is 0.526. The van der Waals surface area contributed by atoms with Crippen LogP contribution in [0.25, 0.3) is 0 Å². The maximum atomic E-state index is 12.6. The maximum Gasteiger partial charge on any atom is 0.345 e. The molecule has 2 aromatic rings. The Bertz CT molecular complexity index is 1240. The molecule has 0 spiro atoms. The number of Topliss-reactive ketones (excluding diaryl/α,β-unsaturated/α-hetero) is 1. The standard InChI is InChI=1S/C22H24N2O9S/c1-4-32-21-12-18(24(27)28)16(11-20(21)31-3)22(26)33-13-19(25)15-6-7-17-14(10-15)8-9-23(17)34(29,30)5-2/h6-7,10-12H,4-5,8-9,13H2,1-3H3. The van der Waals surface area contributed by atoms with Gasteiger partial charge in [0, 0.05) is 18.2 Å². The number of carbonyl (C=O) groups is 2. The molecule has 0 atom stereocenters. The van der Waals surface area contributed by atoms with Crippen molar-refractivity contribution < 1.29 is 37.1 Å². The lowest BCUT2D eigenvalue weighted by atomic mass is 10.1. The fraction of sp³-hybridized carbons (Fsp3) is 0.364. The third-order valence-electron chi connectivity index (χ3n) is 5.29. The van der Waals surface area contributed by atoms with E-state index in [1.165, 1.54) is 17.5 Å². The monoisotopic (exact) mass is 492 g/mol. The van der Waals surface area contributed by atoms with Crippen LogP contribution >= 0.6 is 0 Å². The molecule has 0 unspecified atom stereocenters. The fourth-order valence-electron chi connectivity index (χ4n) is 3.57. The van der Waals surface area contributed by atoms with Crippen LogP contribution in [-0.4, -0.2) is 57.7 Å². The first-order valence-electron chi connectivity index (χ1n) is 10.5. The first-order chi connectivity index (χ1) is 16.1. The van der Waals surface area contributed by atoms with Crippen LogP contribution in [0.1, 0.15) is 40.1 Å². The van der Waals surface area contributed by atoms with Crippen LogP contribution in [0.5, 0.6) is 11.5 Å². The average molecular weight is 493 g/mol. The normalized spacial score (nSPS) is 12.7. The summed E-state index contributed by atoms with van der Waals surface area (Å²) in [7, 11) is -2.09. The third kappa shape index (κ3) is 4.96. The molecule has 2 aromatic carbocycles. The largest absolute Gasteiger partial charge is 0.493 e. The molecule has 0 N–H and O–H groups in total. The number of rotatable bonds is 10. The van der Waals surface area contributed by atoms with Gasteiger partial charge in [-0.1, -0.05) is 0 Å². The highest BCUT2D eigenvalue weighted by Gasteiger charge is 2.29. The third-order valence-corrected chi connectivity index (χ3v) is 7.07. The number of esters is 1. The summed E-state index contributed by atoms with van der Waals surface area (Å²) < 4.78 is 41.2. The van der Waals surface area contributed by atoms with Gasteiger partial charge in [-0.15, -0.1) is 0 Å². The molecular formula is C22H24N2O9S. The van der Waals surface area contributed by atoms with Crippen molar-refractivity contribution in [3.63, 3.8) is 0 Å². The number of benzene rings is 2. The van der Waals surface area contributed by atoms with Crippen LogP contribution in [0.2, 0.25) is 0 Å². The molecule has 11 nitrogen and oxygen atoms in total. The summed E-state index contributed by atoms with van der Waals surface area (Å²) in [5.74, 6) is -1.43. The molecular weight excluding hydrogens is 468 g/mol. The van der Waals surface area contributed by atoms with Gasteiger partial charge in [0.05, 0.1) is 36.1 Å². The molecule has 0 fully saturated rings. The van der Waals surface area contributed by atoms with E-state index in [0.717, 1.165) is 12.1 Å². The second-order valence-corrected chi connectivity index (χ2v) is 9.46. The highest BCUT2D eigenvalue weighted by molar-refractivity contribution is 7.92. The molecule has 12 heteroatoms. The van der Waals surface area contributed by atoms with Gasteiger partial charge in [-0.05, 0) is 44.0 Å². The molecule has 182 valence electrons. The Balaban J connectivity index is 1.77. The Kier molecular flexibility index (Phi) is 7.40. The minimum atomic E-state index is -3.42. The molecule has 1 aliphatic rings. The van der Waals surface area contributed by atoms with Gasteiger partial charge in [-0.2, -0.15) is 0 Å². The summed E-state index contributed by atoms with van der Waals surface area (Å²) in [6.45, 7) is 3.12. The molecule has 0 aliphatic carbocycles. The number of nitro groups is 1. The van der Waals surface area contributed by atoms with Crippen LogP contribution in [0.15, 0.2) is 30.3 Å². The molecule has 0 radical (unpaired) electrons. The molecule has 0 amide bonds. The van der Waals surface area contributed by atoms with Crippen molar-refractivity contribution in [2.45, 2.75) is 20.3 Å². The van der Waals surface area contributed by atoms with E-state index < -0.39 is 39.0 Å². The molecule has 0 saturated heterocycles. The maximum absolute atomic E-state index is 12.6. The molecule has 0 bridgehead atoms. The first-order valence-corrected chi connectivity index (χ1v) is 12.1. The van der Waals surface area contributed by atoms with Gasteiger partial charge >= 0.3 is 5.97 Å². The lowest BCUT2D eigenvalue weighted by molar-refractivity contribution is -0.385. The number of nitro benzene ring substituents is 1. The highest BCUT2D eigenvalue weighted by Crippen LogP contribution is 2.35. The van der Waals surface area contributed by atoms with Gasteiger partial charge in [0.1, 0.15) is 5.56 Å². The number of hydrogen-bond acceptors (Lipinski definition) is 9. The van der Waals surface area contributed by atoms with Crippen molar-refractivity contribution in [1.82, 2.24) is 0 Å². The predicted molar refractivity (Wildman–Crippen MR) is 122 cm³/mol. The number of ether oxygens (including phenoxy) is 3. The second kappa shape index (κ2) is 10.1. The zero-order valence-corrected chi connectivity index (χ0v) is 19.7. The molecule has 0 saturated carbocycles. The van der Waals surface area contributed by atoms with Gasteiger partial charge in [0.15, 0.2) is 23.9 Å². The average Bonchev–Trinajstić information content (AvgIpc) is 3.26. The van der Waals surface area contributed by atoms with Crippen molar-refractivity contribution in [3.8, 4) is 11.5 Å². The highest BCUT2D eigenvalue weighted by atomic mass is 32.2. The van der Waals surface area contributed by atoms with Crippen LogP contribution < -0.4 is 13.8 Å². The second-order valence-electron chi connectivity index (χ2n) is 7.28. The molecule has 0 aromatic heterocycles. The van der Waals surface area contributed by atoms with Crippen LogP contribution in [0.4, 0.5) is 11.4 Å². The van der Waals surface area contributed by atoms with Crippen LogP contribution in [-0.2, 0) is 21.2 Å². The summed E-state index contributed by atoms with van der Waals surface area (Å²) in [5, 5.41) is 11.5. The number of sulfonamides is 1. The van der Waals surface area contributed by atoms with Crippen LogP contribution in [0, 0.1) is 10.1 Å². The van der Waals surface area contributed by atoms with E-state index in [1.54, 1.807) is 26.0 Å². The van der Waals surface area contributed by atoms with Gasteiger partial charge in [0.25, 0.3) is 5.69 Å². The molecule has 1 heterocycles. The first kappa shape index (κ1) is 25.0. The van der Waals surface area contributed by atoms with Crippen molar-refractivity contribution >= 4 is 33.2 Å². The number of fused-ring (bicyclic) bond motifs is 1. The zero-order chi connectivity index (χ0) is 25.0. The number of nitrogens with zero attached hydrogens (tertiary/aromatic N) is 2. The number of hydrogen-bond donors (Lipinski definition) is 0. The Morgan fingerprint density at radius 3 is 2.50 bits per heavy atom. The molecule has 3 rings (SSSR count). The van der Waals surface area contributed by atoms with Crippen LogP contribution in [0.3, 0.4) is 0 Å². The van der Waals surface area contributed by atoms with E-state index in [1.807, 2.05) is 0 Å². The summed E-state index contributed by atoms with van der Waals surface area (Å²) in [6, 6.07) is 6.78. The Hall–Kier alpha value is -3.67. The van der Waals surface area contributed by atoms with E-state index in [0.29, 0.717) is 24.2 Å².